The molecule has 0 radical (unpaired) electrons. The Kier molecular flexibility index (Phi) is 12.2. The van der Waals surface area contributed by atoms with Crippen LogP contribution in [-0.4, -0.2) is 45.0 Å². The van der Waals surface area contributed by atoms with Crippen molar-refractivity contribution in [3.05, 3.63) is 30.3 Å². The fourth-order valence-electron chi connectivity index (χ4n) is 5.19. The Morgan fingerprint density at radius 1 is 0.435 bits per heavy atom. The summed E-state index contributed by atoms with van der Waals surface area (Å²) in [5.41, 5.74) is 0. The lowest BCUT2D eigenvalue weighted by Gasteiger charge is -2.22. The fraction of sp³-hybridized carbons (Fsp3) is 0.459. The molecular weight excluding hydrogens is 588 g/mol. The third-order valence-electron chi connectivity index (χ3n) is 7.02. The Hall–Kier alpha value is -4.40. The van der Waals surface area contributed by atoms with Crippen molar-refractivity contribution in [1.29, 1.82) is 0 Å². The molecule has 0 fully saturated rings. The minimum Gasteiger partial charge on any atom is -0.490 e. The van der Waals surface area contributed by atoms with Crippen LogP contribution in [0.2, 0.25) is 0 Å². The monoisotopic (exact) mass is 634 g/mol. The van der Waals surface area contributed by atoms with E-state index in [0.29, 0.717) is 78.6 Å². The van der Waals surface area contributed by atoms with Gasteiger partial charge in [-0.2, -0.15) is 0 Å². The van der Waals surface area contributed by atoms with Gasteiger partial charge in [0.1, 0.15) is 0 Å². The molecule has 46 heavy (non-hydrogen) atoms. The van der Waals surface area contributed by atoms with E-state index in [2.05, 4.69) is 6.92 Å². The van der Waals surface area contributed by atoms with E-state index in [1.54, 1.807) is 0 Å². The number of esters is 2. The van der Waals surface area contributed by atoms with Crippen LogP contribution in [-0.2, 0) is 9.59 Å². The van der Waals surface area contributed by atoms with Gasteiger partial charge < -0.3 is 33.2 Å². The van der Waals surface area contributed by atoms with Gasteiger partial charge in [-0.3, -0.25) is 9.59 Å². The maximum absolute atomic E-state index is 12.6. The molecule has 0 aliphatic heterocycles. The molecule has 0 spiro atoms. The second kappa shape index (κ2) is 16.2. The molecule has 9 nitrogen and oxygen atoms in total. The Bertz CT molecular complexity index is 1650. The molecule has 0 bridgehead atoms. The van der Waals surface area contributed by atoms with E-state index >= 15 is 0 Å². The number of benzene rings is 4. The summed E-state index contributed by atoms with van der Waals surface area (Å²) < 4.78 is 42.5. The second-order valence-electron chi connectivity index (χ2n) is 11.1. The van der Waals surface area contributed by atoms with Gasteiger partial charge in [0, 0.05) is 19.2 Å². The summed E-state index contributed by atoms with van der Waals surface area (Å²) in [4.78, 5) is 25.0. The van der Waals surface area contributed by atoms with Crippen LogP contribution >= 0.6 is 0 Å². The van der Waals surface area contributed by atoms with Crippen LogP contribution in [0.4, 0.5) is 0 Å². The fourth-order valence-corrected chi connectivity index (χ4v) is 5.19. The van der Waals surface area contributed by atoms with Crippen molar-refractivity contribution in [3.63, 3.8) is 0 Å². The zero-order chi connectivity index (χ0) is 33.2. The average Bonchev–Trinajstić information content (AvgIpc) is 3.03. The van der Waals surface area contributed by atoms with Crippen LogP contribution in [0.1, 0.15) is 80.6 Å². The maximum atomic E-state index is 12.6. The molecule has 0 unspecified atom stereocenters. The van der Waals surface area contributed by atoms with E-state index in [4.69, 9.17) is 33.2 Å². The first kappa shape index (κ1) is 34.5. The highest BCUT2D eigenvalue weighted by molar-refractivity contribution is 6.28. The van der Waals surface area contributed by atoms with Gasteiger partial charge in [-0.1, -0.05) is 34.6 Å². The van der Waals surface area contributed by atoms with Gasteiger partial charge in [-0.05, 0) is 89.4 Å². The summed E-state index contributed by atoms with van der Waals surface area (Å²) in [6.07, 6.45) is 3.99. The zero-order valence-corrected chi connectivity index (χ0v) is 28.1. The Labute approximate surface area is 271 Å². The molecule has 0 amide bonds. The predicted octanol–water partition coefficient (Wildman–Crippen LogP) is 8.94. The van der Waals surface area contributed by atoms with Gasteiger partial charge >= 0.3 is 11.9 Å². The van der Waals surface area contributed by atoms with Gasteiger partial charge in [-0.15, -0.1) is 0 Å². The SMILES string of the molecule is CCCOc1cc2c3cc(OCCC)c(OCCC)cc3c3c(OC(C)=O)c(OC(C)=O)c(OCCC)cc3c2cc1OCCC. The minimum absolute atomic E-state index is 0.0389. The molecule has 0 aliphatic rings. The minimum atomic E-state index is -0.575. The van der Waals surface area contributed by atoms with Crippen LogP contribution in [0.25, 0.3) is 32.3 Å². The summed E-state index contributed by atoms with van der Waals surface area (Å²) in [6, 6.07) is 9.65. The van der Waals surface area contributed by atoms with Crippen LogP contribution in [0.5, 0.6) is 40.2 Å². The van der Waals surface area contributed by atoms with Gasteiger partial charge in [0.2, 0.25) is 5.75 Å². The molecule has 4 rings (SSSR count). The third kappa shape index (κ3) is 7.69. The third-order valence-corrected chi connectivity index (χ3v) is 7.02. The van der Waals surface area contributed by atoms with E-state index in [1.165, 1.54) is 13.8 Å². The van der Waals surface area contributed by atoms with Crippen LogP contribution in [0.3, 0.4) is 0 Å². The molecule has 0 heterocycles. The highest BCUT2D eigenvalue weighted by Crippen LogP contribution is 2.52. The largest absolute Gasteiger partial charge is 0.490 e. The van der Waals surface area contributed by atoms with Crippen molar-refractivity contribution in [2.24, 2.45) is 0 Å². The number of carbonyl (C=O) groups excluding carboxylic acids is 2. The molecule has 0 aliphatic carbocycles. The van der Waals surface area contributed by atoms with Crippen molar-refractivity contribution in [2.45, 2.75) is 80.6 Å². The lowest BCUT2D eigenvalue weighted by Crippen LogP contribution is -2.10. The van der Waals surface area contributed by atoms with E-state index in [-0.39, 0.29) is 17.2 Å². The molecular formula is C37H46O9. The Balaban J connectivity index is 2.28. The molecule has 0 saturated heterocycles. The predicted molar refractivity (Wildman–Crippen MR) is 181 cm³/mol. The van der Waals surface area contributed by atoms with Crippen LogP contribution in [0, 0.1) is 0 Å². The van der Waals surface area contributed by atoms with Crippen molar-refractivity contribution < 1.29 is 42.7 Å². The summed E-state index contributed by atoms with van der Waals surface area (Å²) in [5.74, 6) is 1.65. The number of hydrogen-bond donors (Lipinski definition) is 0. The number of hydrogen-bond acceptors (Lipinski definition) is 9. The standard InChI is InChI=1S/C37H46O9/c1-8-13-40-30-18-25-26-19-32(42-15-10-3)33(43-16-11-4)21-28(26)35-29(27(25)20-31(30)41-14-9-2)22-34(44-17-12-5)36(45-23(6)38)37(35)46-24(7)39/h18-22H,8-17H2,1-7H3. The first-order valence-electron chi connectivity index (χ1n) is 16.4. The summed E-state index contributed by atoms with van der Waals surface area (Å²) in [7, 11) is 0. The maximum Gasteiger partial charge on any atom is 0.308 e. The van der Waals surface area contributed by atoms with E-state index in [1.807, 2.05) is 58.0 Å². The van der Waals surface area contributed by atoms with Gasteiger partial charge in [-0.25, -0.2) is 0 Å². The molecule has 9 heteroatoms. The first-order chi connectivity index (χ1) is 22.3. The number of ether oxygens (including phenoxy) is 7. The van der Waals surface area contributed by atoms with Crippen LogP contribution in [0.15, 0.2) is 30.3 Å². The summed E-state index contributed by atoms with van der Waals surface area (Å²) in [5, 5.41) is 4.48. The van der Waals surface area contributed by atoms with Gasteiger partial charge in [0.05, 0.1) is 33.0 Å². The molecule has 248 valence electrons. The highest BCUT2D eigenvalue weighted by atomic mass is 16.6. The lowest BCUT2D eigenvalue weighted by molar-refractivity contribution is -0.134. The van der Waals surface area contributed by atoms with Crippen molar-refractivity contribution in [2.75, 3.05) is 33.0 Å². The van der Waals surface area contributed by atoms with Gasteiger partial charge in [0.25, 0.3) is 0 Å². The Morgan fingerprint density at radius 2 is 0.717 bits per heavy atom. The first-order valence-corrected chi connectivity index (χ1v) is 16.4. The average molecular weight is 635 g/mol. The quantitative estimate of drug-likeness (QED) is 0.0640. The van der Waals surface area contributed by atoms with E-state index in [0.717, 1.165) is 41.8 Å². The van der Waals surface area contributed by atoms with Crippen molar-refractivity contribution >= 4 is 44.3 Å². The topological polar surface area (TPSA) is 98.8 Å². The summed E-state index contributed by atoms with van der Waals surface area (Å²) >= 11 is 0. The Morgan fingerprint density at radius 3 is 1.07 bits per heavy atom. The van der Waals surface area contributed by atoms with Gasteiger partial charge in [0.15, 0.2) is 34.5 Å². The van der Waals surface area contributed by atoms with E-state index < -0.39 is 11.9 Å². The van der Waals surface area contributed by atoms with Crippen molar-refractivity contribution in [1.82, 2.24) is 0 Å². The number of fused-ring (bicyclic) bond motifs is 6. The highest BCUT2D eigenvalue weighted by Gasteiger charge is 2.26. The number of carbonyl (C=O) groups is 2. The molecule has 4 aromatic rings. The van der Waals surface area contributed by atoms with E-state index in [9.17, 15) is 9.59 Å². The zero-order valence-electron chi connectivity index (χ0n) is 28.1. The lowest BCUT2D eigenvalue weighted by atomic mass is 9.92. The smallest absolute Gasteiger partial charge is 0.308 e. The molecule has 4 aromatic carbocycles. The van der Waals surface area contributed by atoms with Crippen LogP contribution < -0.4 is 33.2 Å². The normalized spacial score (nSPS) is 11.1. The number of rotatable bonds is 17. The molecule has 0 atom stereocenters. The summed E-state index contributed by atoms with van der Waals surface area (Å²) in [6.45, 7) is 15.2. The molecule has 0 saturated carbocycles. The second-order valence-corrected chi connectivity index (χ2v) is 11.1. The molecule has 0 N–H and O–H groups in total. The molecule has 0 aromatic heterocycles. The van der Waals surface area contributed by atoms with Crippen molar-refractivity contribution in [3.8, 4) is 40.2 Å².